The Hall–Kier alpha value is -0.650. The molecule has 118 valence electrons. The van der Waals surface area contributed by atoms with Crippen LogP contribution in [-0.2, 0) is 14.3 Å². The molecule has 0 radical (unpaired) electrons. The van der Waals surface area contributed by atoms with Crippen LogP contribution in [0.25, 0.3) is 0 Å². The number of carbonyl (C=O) groups excluding carboxylic acids is 1. The molecule has 1 N–H and O–H groups in total. The molecule has 0 saturated carbocycles. The van der Waals surface area contributed by atoms with E-state index in [9.17, 15) is 4.79 Å². The van der Waals surface area contributed by atoms with Crippen molar-refractivity contribution in [1.29, 1.82) is 0 Å². The lowest BCUT2D eigenvalue weighted by molar-refractivity contribution is -0.128. The minimum Gasteiger partial charge on any atom is -0.375 e. The first-order valence-electron chi connectivity index (χ1n) is 8.51. The summed E-state index contributed by atoms with van der Waals surface area (Å²) in [4.78, 5) is 14.3. The average Bonchev–Trinajstić information content (AvgIpc) is 3.04. The normalized spacial score (nSPS) is 39.4. The van der Waals surface area contributed by atoms with Gasteiger partial charge in [-0.15, -0.1) is 0 Å². The number of ether oxygens (including phenoxy) is 2. The molecule has 0 aromatic carbocycles. The number of nitrogens with zero attached hydrogens (tertiary/aromatic N) is 1. The van der Waals surface area contributed by atoms with Crippen LogP contribution in [0.4, 0.5) is 0 Å². The van der Waals surface area contributed by atoms with Crippen molar-refractivity contribution in [2.45, 2.75) is 56.3 Å². The smallest absolute Gasteiger partial charge is 0.222 e. The Kier molecular flexibility index (Phi) is 3.67. The van der Waals surface area contributed by atoms with E-state index in [-0.39, 0.29) is 11.5 Å². The fourth-order valence-corrected chi connectivity index (χ4v) is 4.60. The molecular formula is C16H26N2O3. The second-order valence-corrected chi connectivity index (χ2v) is 7.23. The quantitative estimate of drug-likeness (QED) is 0.823. The molecule has 4 saturated heterocycles. The Morgan fingerprint density at radius 2 is 2.14 bits per heavy atom. The molecule has 0 aromatic rings. The third-order valence-corrected chi connectivity index (χ3v) is 5.81. The van der Waals surface area contributed by atoms with Crippen LogP contribution in [0.2, 0.25) is 0 Å². The van der Waals surface area contributed by atoms with E-state index in [0.717, 1.165) is 31.8 Å². The molecule has 5 heteroatoms. The SMILES string of the molecule is O=C1CC2(CCN(C[C@H]3C[C@@H]4CC[C@H]3O4)CC2)OCCN1. The topological polar surface area (TPSA) is 50.8 Å². The highest BCUT2D eigenvalue weighted by molar-refractivity contribution is 5.77. The van der Waals surface area contributed by atoms with Gasteiger partial charge in [-0.25, -0.2) is 0 Å². The van der Waals surface area contributed by atoms with Crippen LogP contribution in [0, 0.1) is 5.92 Å². The zero-order chi connectivity index (χ0) is 14.3. The zero-order valence-electron chi connectivity index (χ0n) is 12.7. The van der Waals surface area contributed by atoms with Crippen LogP contribution in [0.3, 0.4) is 0 Å². The lowest BCUT2D eigenvalue weighted by Crippen LogP contribution is -2.48. The first-order valence-corrected chi connectivity index (χ1v) is 8.51. The molecule has 4 aliphatic rings. The summed E-state index contributed by atoms with van der Waals surface area (Å²) in [6.45, 7) is 4.60. The molecule has 0 aliphatic carbocycles. The van der Waals surface area contributed by atoms with Crippen molar-refractivity contribution in [3.8, 4) is 0 Å². The number of piperidine rings is 1. The molecule has 4 rings (SSSR count). The molecule has 0 unspecified atom stereocenters. The Balaban J connectivity index is 1.31. The maximum Gasteiger partial charge on any atom is 0.222 e. The third-order valence-electron chi connectivity index (χ3n) is 5.81. The van der Waals surface area contributed by atoms with Gasteiger partial charge in [0.15, 0.2) is 0 Å². The highest BCUT2D eigenvalue weighted by Gasteiger charge is 2.43. The minimum absolute atomic E-state index is 0.155. The second kappa shape index (κ2) is 5.52. The molecule has 4 heterocycles. The summed E-state index contributed by atoms with van der Waals surface area (Å²) in [7, 11) is 0. The van der Waals surface area contributed by atoms with Gasteiger partial charge in [-0.05, 0) is 32.1 Å². The highest BCUT2D eigenvalue weighted by atomic mass is 16.5. The van der Waals surface area contributed by atoms with Crippen molar-refractivity contribution in [2.75, 3.05) is 32.8 Å². The predicted octanol–water partition coefficient (Wildman–Crippen LogP) is 0.925. The van der Waals surface area contributed by atoms with Gasteiger partial charge in [0.1, 0.15) is 0 Å². The Labute approximate surface area is 126 Å². The molecule has 4 aliphatic heterocycles. The van der Waals surface area contributed by atoms with E-state index in [1.165, 1.54) is 25.8 Å². The monoisotopic (exact) mass is 294 g/mol. The van der Waals surface area contributed by atoms with Crippen LogP contribution >= 0.6 is 0 Å². The Bertz CT molecular complexity index is 406. The van der Waals surface area contributed by atoms with Crippen molar-refractivity contribution in [2.24, 2.45) is 5.92 Å². The average molecular weight is 294 g/mol. The van der Waals surface area contributed by atoms with Gasteiger partial charge in [-0.1, -0.05) is 0 Å². The first-order chi connectivity index (χ1) is 10.2. The maximum atomic E-state index is 11.8. The summed E-state index contributed by atoms with van der Waals surface area (Å²) in [5, 5.41) is 2.91. The van der Waals surface area contributed by atoms with Gasteiger partial charge >= 0.3 is 0 Å². The summed E-state index contributed by atoms with van der Waals surface area (Å²) >= 11 is 0. The Morgan fingerprint density at radius 1 is 1.29 bits per heavy atom. The first kappa shape index (κ1) is 14.0. The van der Waals surface area contributed by atoms with E-state index in [2.05, 4.69) is 10.2 Å². The number of hydrogen-bond donors (Lipinski definition) is 1. The number of carbonyl (C=O) groups is 1. The summed E-state index contributed by atoms with van der Waals surface area (Å²) in [6, 6.07) is 0. The molecule has 21 heavy (non-hydrogen) atoms. The summed E-state index contributed by atoms with van der Waals surface area (Å²) in [5.41, 5.74) is -0.192. The number of rotatable bonds is 2. The van der Waals surface area contributed by atoms with Crippen molar-refractivity contribution in [1.82, 2.24) is 10.2 Å². The van der Waals surface area contributed by atoms with Crippen LogP contribution in [0.5, 0.6) is 0 Å². The highest BCUT2D eigenvalue weighted by Crippen LogP contribution is 2.40. The van der Waals surface area contributed by atoms with Crippen LogP contribution in [0.15, 0.2) is 0 Å². The van der Waals surface area contributed by atoms with E-state index < -0.39 is 0 Å². The molecule has 0 aromatic heterocycles. The van der Waals surface area contributed by atoms with Crippen molar-refractivity contribution in [3.63, 3.8) is 0 Å². The van der Waals surface area contributed by atoms with Gasteiger partial charge < -0.3 is 19.7 Å². The number of nitrogens with one attached hydrogen (secondary N) is 1. The fourth-order valence-electron chi connectivity index (χ4n) is 4.60. The summed E-state index contributed by atoms with van der Waals surface area (Å²) < 4.78 is 12.0. The van der Waals surface area contributed by atoms with Gasteiger partial charge in [0.25, 0.3) is 0 Å². The Morgan fingerprint density at radius 3 is 2.86 bits per heavy atom. The van der Waals surface area contributed by atoms with E-state index >= 15 is 0 Å². The summed E-state index contributed by atoms with van der Waals surface area (Å²) in [5.74, 6) is 0.888. The molecule has 3 atom stereocenters. The minimum atomic E-state index is -0.192. The second-order valence-electron chi connectivity index (χ2n) is 7.23. The largest absolute Gasteiger partial charge is 0.375 e. The van der Waals surface area contributed by atoms with E-state index in [1.54, 1.807) is 0 Å². The number of amides is 1. The van der Waals surface area contributed by atoms with Gasteiger partial charge in [0, 0.05) is 32.1 Å². The number of hydrogen-bond acceptors (Lipinski definition) is 4. The van der Waals surface area contributed by atoms with Crippen molar-refractivity contribution < 1.29 is 14.3 Å². The van der Waals surface area contributed by atoms with Crippen LogP contribution < -0.4 is 5.32 Å². The van der Waals surface area contributed by atoms with Crippen molar-refractivity contribution >= 4 is 5.91 Å². The molecule has 1 amide bonds. The van der Waals surface area contributed by atoms with Crippen molar-refractivity contribution in [3.05, 3.63) is 0 Å². The van der Waals surface area contributed by atoms with E-state index in [0.29, 0.717) is 31.8 Å². The third kappa shape index (κ3) is 2.83. The molecule has 5 nitrogen and oxygen atoms in total. The van der Waals surface area contributed by atoms with E-state index in [1.807, 2.05) is 0 Å². The lowest BCUT2D eigenvalue weighted by Gasteiger charge is -2.41. The van der Waals surface area contributed by atoms with E-state index in [4.69, 9.17) is 9.47 Å². The fraction of sp³-hybridized carbons (Fsp3) is 0.938. The predicted molar refractivity (Wildman–Crippen MR) is 78.0 cm³/mol. The van der Waals surface area contributed by atoms with Gasteiger partial charge in [-0.3, -0.25) is 4.79 Å². The molecule has 4 fully saturated rings. The summed E-state index contributed by atoms with van der Waals surface area (Å²) in [6.07, 6.45) is 7.37. The van der Waals surface area contributed by atoms with Gasteiger partial charge in [0.05, 0.1) is 30.8 Å². The van der Waals surface area contributed by atoms with Gasteiger partial charge in [-0.2, -0.15) is 0 Å². The molecular weight excluding hydrogens is 268 g/mol. The molecule has 2 bridgehead atoms. The van der Waals surface area contributed by atoms with Crippen LogP contribution in [0.1, 0.15) is 38.5 Å². The van der Waals surface area contributed by atoms with Gasteiger partial charge in [0.2, 0.25) is 5.91 Å². The van der Waals surface area contributed by atoms with Crippen LogP contribution in [-0.4, -0.2) is 61.4 Å². The number of likely N-dealkylation sites (tertiary alicyclic amines) is 1. The maximum absolute atomic E-state index is 11.8. The standard InChI is InChI=1S/C16H26N2O3/c19-15-10-16(20-8-5-17-15)3-6-18(7-4-16)11-12-9-13-1-2-14(12)21-13/h12-14H,1-11H2,(H,17,19)/t12-,13+,14-/m1/s1. The number of fused-ring (bicyclic) bond motifs is 2. The lowest BCUT2D eigenvalue weighted by atomic mass is 9.85. The molecule has 1 spiro atoms. The zero-order valence-corrected chi connectivity index (χ0v) is 12.7.